The monoisotopic (exact) mass is 467 g/mol. The number of anilines is 1. The van der Waals surface area contributed by atoms with Crippen LogP contribution in [0.15, 0.2) is 79.6 Å². The van der Waals surface area contributed by atoms with Crippen LogP contribution in [0.1, 0.15) is 20.8 Å². The summed E-state index contributed by atoms with van der Waals surface area (Å²) in [5, 5.41) is 15.2. The molecule has 3 aromatic heterocycles. The van der Waals surface area contributed by atoms with Crippen molar-refractivity contribution in [2.75, 3.05) is 19.4 Å². The largest absolute Gasteiger partial charge is 0.363 e. The smallest absolute Gasteiger partial charge is 0.276 e. The van der Waals surface area contributed by atoms with Gasteiger partial charge in [0.1, 0.15) is 23.3 Å². The zero-order chi connectivity index (χ0) is 22.5. The Bertz CT molecular complexity index is 1210. The third-order valence-electron chi connectivity index (χ3n) is 4.06. The molecule has 0 aliphatic heterocycles. The molecule has 0 aliphatic rings. The fraction of sp³-hybridized carbons (Fsp3) is 0.100. The second kappa shape index (κ2) is 9.66. The number of aromatic nitrogens is 5. The van der Waals surface area contributed by atoms with E-state index in [0.717, 1.165) is 4.90 Å². The van der Waals surface area contributed by atoms with E-state index in [2.05, 4.69) is 30.6 Å². The second-order valence-corrected chi connectivity index (χ2v) is 8.68. The Hall–Kier alpha value is -3.64. The molecule has 0 unspecified atom stereocenters. The van der Waals surface area contributed by atoms with Crippen molar-refractivity contribution in [2.45, 2.75) is 20.0 Å². The second-order valence-electron chi connectivity index (χ2n) is 6.56. The number of carbonyl (C=O) groups is 2. The zero-order valence-corrected chi connectivity index (χ0v) is 18.6. The number of aromatic amines is 1. The molecule has 0 saturated heterocycles. The van der Waals surface area contributed by atoms with Crippen molar-refractivity contribution in [2.24, 2.45) is 0 Å². The van der Waals surface area contributed by atoms with Crippen molar-refractivity contribution in [3.05, 3.63) is 66.3 Å². The highest BCUT2D eigenvalue weighted by Gasteiger charge is 2.18. The minimum absolute atomic E-state index is 0.0790. The van der Waals surface area contributed by atoms with E-state index >= 15 is 0 Å². The van der Waals surface area contributed by atoms with E-state index in [1.807, 2.05) is 18.2 Å². The van der Waals surface area contributed by atoms with Crippen LogP contribution >= 0.6 is 23.5 Å². The highest BCUT2D eigenvalue weighted by molar-refractivity contribution is 7.99. The Morgan fingerprint density at radius 1 is 1.06 bits per heavy atom. The van der Waals surface area contributed by atoms with Crippen molar-refractivity contribution in [1.82, 2.24) is 30.2 Å². The van der Waals surface area contributed by atoms with Gasteiger partial charge in [0.05, 0.1) is 0 Å². The Labute approximate surface area is 191 Å². The van der Waals surface area contributed by atoms with Gasteiger partial charge in [0, 0.05) is 35.5 Å². The molecule has 0 radical (unpaired) electrons. The van der Waals surface area contributed by atoms with E-state index in [9.17, 15) is 9.59 Å². The Balaban J connectivity index is 1.61. The highest BCUT2D eigenvalue weighted by atomic mass is 32.2. The van der Waals surface area contributed by atoms with E-state index in [-0.39, 0.29) is 17.4 Å². The van der Waals surface area contributed by atoms with Crippen molar-refractivity contribution >= 4 is 41.2 Å². The number of nitrogens with one attached hydrogen (secondary N) is 2. The average molecular weight is 468 g/mol. The van der Waals surface area contributed by atoms with Crippen LogP contribution in [0, 0.1) is 0 Å². The van der Waals surface area contributed by atoms with E-state index < -0.39 is 5.91 Å². The van der Waals surface area contributed by atoms with Crippen LogP contribution in [0.5, 0.6) is 0 Å². The predicted octanol–water partition coefficient (Wildman–Crippen LogP) is 3.44. The summed E-state index contributed by atoms with van der Waals surface area (Å²) in [6.07, 6.45) is 2.83. The number of hydrogen-bond donors (Lipinski definition) is 2. The predicted molar refractivity (Wildman–Crippen MR) is 118 cm³/mol. The molecule has 32 heavy (non-hydrogen) atoms. The van der Waals surface area contributed by atoms with Crippen molar-refractivity contribution in [3.63, 3.8) is 0 Å². The first-order chi connectivity index (χ1) is 15.5. The van der Waals surface area contributed by atoms with Crippen LogP contribution in [0.4, 0.5) is 5.82 Å². The highest BCUT2D eigenvalue weighted by Crippen LogP contribution is 2.33. The molecule has 0 spiro atoms. The normalized spacial score (nSPS) is 10.7. The quantitative estimate of drug-likeness (QED) is 0.420. The Kier molecular flexibility index (Phi) is 6.52. The number of amides is 2. The Morgan fingerprint density at radius 2 is 1.88 bits per heavy atom. The van der Waals surface area contributed by atoms with Gasteiger partial charge in [0.25, 0.3) is 11.8 Å². The van der Waals surface area contributed by atoms with E-state index in [1.54, 1.807) is 32.3 Å². The molecular weight excluding hydrogens is 450 g/mol. The van der Waals surface area contributed by atoms with Gasteiger partial charge in [0.2, 0.25) is 0 Å². The van der Waals surface area contributed by atoms with Crippen LogP contribution in [0.2, 0.25) is 0 Å². The van der Waals surface area contributed by atoms with Gasteiger partial charge in [-0.1, -0.05) is 16.9 Å². The van der Waals surface area contributed by atoms with Gasteiger partial charge in [-0.15, -0.1) is 10.2 Å². The number of H-pyrrole nitrogens is 1. The third-order valence-corrected chi connectivity index (χ3v) is 5.94. The molecule has 0 fully saturated rings. The van der Waals surface area contributed by atoms with Crippen LogP contribution in [0.3, 0.4) is 0 Å². The first kappa shape index (κ1) is 21.6. The maximum Gasteiger partial charge on any atom is 0.276 e. The third kappa shape index (κ3) is 5.15. The van der Waals surface area contributed by atoms with E-state index in [1.165, 1.54) is 47.1 Å². The maximum atomic E-state index is 12.9. The van der Waals surface area contributed by atoms with Crippen molar-refractivity contribution in [3.8, 4) is 0 Å². The SMILES string of the molecule is CN(C)C(=O)c1ccc(Sc2ccc(Sc3nnc[nH]3)nc2C(=O)Nc2ccon2)cc1. The number of pyridine rings is 1. The first-order valence-electron chi connectivity index (χ1n) is 9.26. The summed E-state index contributed by atoms with van der Waals surface area (Å²) in [5.41, 5.74) is 0.802. The molecule has 4 rings (SSSR count). The van der Waals surface area contributed by atoms with Crippen LogP contribution in [-0.4, -0.2) is 56.1 Å². The van der Waals surface area contributed by atoms with E-state index in [0.29, 0.717) is 20.6 Å². The number of benzene rings is 1. The standard InChI is InChI=1S/C20H17N7O3S2/c1-27(2)19(29)12-3-5-13(6-4-12)31-14-7-8-16(32-20-21-11-22-25-20)24-17(14)18(28)23-15-9-10-30-26-15/h3-11H,1-2H3,(H,21,22,25)(H,23,26,28). The number of carbonyl (C=O) groups excluding carboxylic acids is 2. The molecule has 0 saturated carbocycles. The summed E-state index contributed by atoms with van der Waals surface area (Å²) in [6, 6.07) is 12.3. The molecular formula is C20H17N7O3S2. The summed E-state index contributed by atoms with van der Waals surface area (Å²) in [6.45, 7) is 0. The summed E-state index contributed by atoms with van der Waals surface area (Å²) in [7, 11) is 3.41. The molecule has 0 atom stereocenters. The van der Waals surface area contributed by atoms with Gasteiger partial charge in [0.15, 0.2) is 11.0 Å². The van der Waals surface area contributed by atoms with Gasteiger partial charge in [-0.3, -0.25) is 9.59 Å². The lowest BCUT2D eigenvalue weighted by Crippen LogP contribution is -2.21. The van der Waals surface area contributed by atoms with Gasteiger partial charge >= 0.3 is 0 Å². The minimum atomic E-state index is -0.430. The minimum Gasteiger partial charge on any atom is -0.363 e. The summed E-state index contributed by atoms with van der Waals surface area (Å²) in [5.74, 6) is -0.224. The molecule has 2 amide bonds. The Morgan fingerprint density at radius 3 is 2.53 bits per heavy atom. The summed E-state index contributed by atoms with van der Waals surface area (Å²) >= 11 is 2.61. The lowest BCUT2D eigenvalue weighted by molar-refractivity contribution is 0.0827. The molecule has 4 aromatic rings. The number of hydrogen-bond acceptors (Lipinski definition) is 9. The average Bonchev–Trinajstić information content (AvgIpc) is 3.49. The molecule has 10 nitrogen and oxygen atoms in total. The number of nitrogens with zero attached hydrogens (tertiary/aromatic N) is 5. The van der Waals surface area contributed by atoms with Gasteiger partial charge in [-0.25, -0.2) is 4.98 Å². The topological polar surface area (TPSA) is 130 Å². The van der Waals surface area contributed by atoms with Crippen LogP contribution < -0.4 is 5.32 Å². The fourth-order valence-electron chi connectivity index (χ4n) is 2.58. The summed E-state index contributed by atoms with van der Waals surface area (Å²) in [4.78, 5) is 35.5. The molecule has 2 N–H and O–H groups in total. The maximum absolute atomic E-state index is 12.9. The zero-order valence-electron chi connectivity index (χ0n) is 17.0. The first-order valence-corrected chi connectivity index (χ1v) is 10.9. The molecule has 0 aliphatic carbocycles. The van der Waals surface area contributed by atoms with E-state index in [4.69, 9.17) is 4.52 Å². The van der Waals surface area contributed by atoms with Gasteiger partial charge in [-0.05, 0) is 48.2 Å². The van der Waals surface area contributed by atoms with Crippen LogP contribution in [-0.2, 0) is 0 Å². The lowest BCUT2D eigenvalue weighted by atomic mass is 10.2. The summed E-state index contributed by atoms with van der Waals surface area (Å²) < 4.78 is 4.77. The van der Waals surface area contributed by atoms with Crippen LogP contribution in [0.25, 0.3) is 0 Å². The number of rotatable bonds is 7. The molecule has 162 valence electrons. The van der Waals surface area contributed by atoms with Crippen molar-refractivity contribution in [1.29, 1.82) is 0 Å². The lowest BCUT2D eigenvalue weighted by Gasteiger charge is -2.12. The molecule has 0 bridgehead atoms. The molecule has 12 heteroatoms. The van der Waals surface area contributed by atoms with Gasteiger partial charge in [-0.2, -0.15) is 0 Å². The molecule has 3 heterocycles. The van der Waals surface area contributed by atoms with Crippen molar-refractivity contribution < 1.29 is 14.1 Å². The fourth-order valence-corrected chi connectivity index (χ4v) is 4.14. The molecule has 1 aromatic carbocycles. The van der Waals surface area contributed by atoms with Gasteiger partial charge < -0.3 is 19.7 Å².